The van der Waals surface area contributed by atoms with Gasteiger partial charge in [0.2, 0.25) is 0 Å². The van der Waals surface area contributed by atoms with Gasteiger partial charge in [0.25, 0.3) is 0 Å². The van der Waals surface area contributed by atoms with Crippen LogP contribution in [0.4, 0.5) is 4.39 Å². The average Bonchev–Trinajstić information content (AvgIpc) is 2.27. The van der Waals surface area contributed by atoms with Gasteiger partial charge in [-0.05, 0) is 12.1 Å². The van der Waals surface area contributed by atoms with Crippen LogP contribution in [0, 0.1) is 5.82 Å². The molecule has 2 atom stereocenters. The van der Waals surface area contributed by atoms with E-state index in [0.717, 1.165) is 19.2 Å². The fourth-order valence-corrected chi connectivity index (χ4v) is 2.08. The van der Waals surface area contributed by atoms with Crippen LogP contribution >= 0.6 is 23.2 Å². The summed E-state index contributed by atoms with van der Waals surface area (Å²) >= 11 is 11.5. The Morgan fingerprint density at radius 2 is 1.89 bits per heavy atom. The summed E-state index contributed by atoms with van der Waals surface area (Å²) in [5.41, 5.74) is -0.0314. The zero-order valence-electron chi connectivity index (χ0n) is 9.36. The largest absolute Gasteiger partial charge is 0.469 e. The third kappa shape index (κ3) is 3.55. The van der Waals surface area contributed by atoms with E-state index in [4.69, 9.17) is 23.2 Å². The lowest BCUT2D eigenvalue weighted by Gasteiger charge is -2.19. The first-order valence-corrected chi connectivity index (χ1v) is 5.69. The van der Waals surface area contributed by atoms with Gasteiger partial charge >= 0.3 is 5.97 Å². The highest BCUT2D eigenvalue weighted by molar-refractivity contribution is 6.36. The van der Waals surface area contributed by atoms with E-state index in [0.29, 0.717) is 0 Å². The molecule has 18 heavy (non-hydrogen) atoms. The number of rotatable bonds is 4. The van der Waals surface area contributed by atoms with E-state index in [-0.39, 0.29) is 15.6 Å². The Morgan fingerprint density at radius 3 is 2.33 bits per heavy atom. The van der Waals surface area contributed by atoms with Crippen LogP contribution in [-0.4, -0.2) is 29.4 Å². The van der Waals surface area contributed by atoms with Crippen molar-refractivity contribution in [2.24, 2.45) is 0 Å². The van der Waals surface area contributed by atoms with Crippen molar-refractivity contribution in [3.8, 4) is 0 Å². The van der Waals surface area contributed by atoms with E-state index in [1.807, 2.05) is 0 Å². The maximum atomic E-state index is 13.0. The number of hydrogen-bond donors (Lipinski definition) is 2. The van der Waals surface area contributed by atoms with E-state index in [2.05, 4.69) is 4.74 Å². The van der Waals surface area contributed by atoms with Crippen LogP contribution in [-0.2, 0) is 9.53 Å². The lowest BCUT2D eigenvalue weighted by Crippen LogP contribution is -2.23. The Kier molecular flexibility index (Phi) is 5.34. The van der Waals surface area contributed by atoms with Crippen LogP contribution in [0.5, 0.6) is 0 Å². The molecule has 100 valence electrons. The molecule has 1 aromatic rings. The second-order valence-electron chi connectivity index (χ2n) is 3.58. The predicted octanol–water partition coefficient (Wildman–Crippen LogP) is 2.09. The molecule has 0 saturated carbocycles. The monoisotopic (exact) mass is 296 g/mol. The maximum Gasteiger partial charge on any atom is 0.308 e. The second kappa shape index (κ2) is 6.33. The molecule has 7 heteroatoms. The third-order valence-corrected chi connectivity index (χ3v) is 2.93. The number of halogens is 3. The number of benzene rings is 1. The van der Waals surface area contributed by atoms with E-state index in [1.54, 1.807) is 0 Å². The number of aliphatic hydroxyl groups is 2. The fraction of sp³-hybridized carbons (Fsp3) is 0.364. The topological polar surface area (TPSA) is 66.8 Å². The van der Waals surface area contributed by atoms with Crippen molar-refractivity contribution in [2.45, 2.75) is 18.6 Å². The van der Waals surface area contributed by atoms with Gasteiger partial charge in [0.15, 0.2) is 0 Å². The van der Waals surface area contributed by atoms with Crippen LogP contribution in [0.2, 0.25) is 10.0 Å². The summed E-state index contributed by atoms with van der Waals surface area (Å²) in [6, 6.07) is 1.91. The van der Waals surface area contributed by atoms with Gasteiger partial charge in [-0.15, -0.1) is 0 Å². The highest BCUT2D eigenvalue weighted by atomic mass is 35.5. The van der Waals surface area contributed by atoms with Gasteiger partial charge in [0, 0.05) is 5.56 Å². The minimum Gasteiger partial charge on any atom is -0.469 e. The first-order chi connectivity index (χ1) is 8.36. The van der Waals surface area contributed by atoms with Gasteiger partial charge in [-0.3, -0.25) is 4.79 Å². The first kappa shape index (κ1) is 15.2. The van der Waals surface area contributed by atoms with Gasteiger partial charge in [0.1, 0.15) is 11.9 Å². The molecule has 1 aromatic carbocycles. The lowest BCUT2D eigenvalue weighted by molar-refractivity contribution is -0.144. The number of carbonyl (C=O) groups excluding carboxylic acids is 1. The molecule has 2 unspecified atom stereocenters. The highest BCUT2D eigenvalue weighted by Gasteiger charge is 2.26. The zero-order chi connectivity index (χ0) is 13.9. The molecule has 0 aliphatic rings. The molecule has 4 nitrogen and oxygen atoms in total. The van der Waals surface area contributed by atoms with Crippen molar-refractivity contribution < 1.29 is 24.1 Å². The summed E-state index contributed by atoms with van der Waals surface area (Å²) in [7, 11) is 1.15. The van der Waals surface area contributed by atoms with Gasteiger partial charge in [-0.25, -0.2) is 4.39 Å². The number of esters is 1. The number of carbonyl (C=O) groups is 1. The molecule has 1 rings (SSSR count). The highest BCUT2D eigenvalue weighted by Crippen LogP contribution is 2.33. The lowest BCUT2D eigenvalue weighted by atomic mass is 10.0. The summed E-state index contributed by atoms with van der Waals surface area (Å²) in [4.78, 5) is 11.0. The van der Waals surface area contributed by atoms with Crippen molar-refractivity contribution in [1.82, 2.24) is 0 Å². The van der Waals surface area contributed by atoms with Gasteiger partial charge in [0.05, 0.1) is 29.7 Å². The second-order valence-corrected chi connectivity index (χ2v) is 4.39. The number of hydrogen-bond acceptors (Lipinski definition) is 4. The van der Waals surface area contributed by atoms with Gasteiger partial charge < -0.3 is 14.9 Å². The molecule has 0 amide bonds. The molecule has 0 aliphatic carbocycles. The summed E-state index contributed by atoms with van der Waals surface area (Å²) < 4.78 is 17.3. The Morgan fingerprint density at radius 1 is 1.39 bits per heavy atom. The molecule has 0 aromatic heterocycles. The van der Waals surface area contributed by atoms with Crippen LogP contribution in [0.15, 0.2) is 12.1 Å². The molecule has 0 heterocycles. The van der Waals surface area contributed by atoms with Crippen molar-refractivity contribution in [3.63, 3.8) is 0 Å². The number of methoxy groups -OCH3 is 1. The molecule has 0 radical (unpaired) electrons. The van der Waals surface area contributed by atoms with Crippen molar-refractivity contribution in [3.05, 3.63) is 33.6 Å². The minimum absolute atomic E-state index is 0.0314. The van der Waals surface area contributed by atoms with E-state index >= 15 is 0 Å². The summed E-state index contributed by atoms with van der Waals surface area (Å²) in [5.74, 6) is -1.36. The number of ether oxygens (including phenoxy) is 1. The normalized spacial score (nSPS) is 14.1. The van der Waals surface area contributed by atoms with Crippen LogP contribution < -0.4 is 0 Å². The van der Waals surface area contributed by atoms with Crippen LogP contribution in [0.25, 0.3) is 0 Å². The average molecular weight is 297 g/mol. The van der Waals surface area contributed by atoms with Crippen molar-refractivity contribution in [2.75, 3.05) is 7.11 Å². The summed E-state index contributed by atoms with van der Waals surface area (Å²) in [6.07, 6.45) is -3.38. The van der Waals surface area contributed by atoms with Crippen molar-refractivity contribution in [1.29, 1.82) is 0 Å². The van der Waals surface area contributed by atoms with E-state index in [1.165, 1.54) is 0 Å². The summed E-state index contributed by atoms with van der Waals surface area (Å²) in [5, 5.41) is 19.2. The molecule has 0 bridgehead atoms. The van der Waals surface area contributed by atoms with Crippen LogP contribution in [0.1, 0.15) is 18.1 Å². The first-order valence-electron chi connectivity index (χ1n) is 4.94. The molecule has 0 fully saturated rings. The minimum atomic E-state index is -1.51. The molecular weight excluding hydrogens is 286 g/mol. The van der Waals surface area contributed by atoms with Gasteiger partial charge in [-0.1, -0.05) is 23.2 Å². The molecule has 0 spiro atoms. The van der Waals surface area contributed by atoms with E-state index < -0.39 is 30.4 Å². The van der Waals surface area contributed by atoms with Gasteiger partial charge in [-0.2, -0.15) is 0 Å². The zero-order valence-corrected chi connectivity index (χ0v) is 10.9. The smallest absolute Gasteiger partial charge is 0.308 e. The molecule has 2 N–H and O–H groups in total. The third-order valence-electron chi connectivity index (χ3n) is 2.31. The predicted molar refractivity (Wildman–Crippen MR) is 64.0 cm³/mol. The molecular formula is C11H11Cl2FO4. The van der Waals surface area contributed by atoms with Crippen molar-refractivity contribution >= 4 is 29.2 Å². The fourth-order valence-electron chi connectivity index (χ4n) is 1.39. The van der Waals surface area contributed by atoms with E-state index in [9.17, 15) is 19.4 Å². The molecule has 0 aliphatic heterocycles. The summed E-state index contributed by atoms with van der Waals surface area (Å²) in [6.45, 7) is 0. The molecule has 0 saturated heterocycles. The van der Waals surface area contributed by atoms with Crippen LogP contribution in [0.3, 0.4) is 0 Å². The Labute approximate surface area is 113 Å². The Hall–Kier alpha value is -0.880. The number of aliphatic hydroxyl groups excluding tert-OH is 2. The quantitative estimate of drug-likeness (QED) is 0.835. The maximum absolute atomic E-state index is 13.0. The Bertz CT molecular complexity index is 430. The Balaban J connectivity index is 2.96. The SMILES string of the molecule is COC(=O)CC(O)C(O)c1c(Cl)cc(F)cc1Cl. The standard InChI is InChI=1S/C11H11Cl2FO4/c1-18-9(16)4-8(15)11(17)10-6(12)2-5(14)3-7(10)13/h2-3,8,11,15,17H,4H2,1H3.